The highest BCUT2D eigenvalue weighted by molar-refractivity contribution is 7.93. The number of nitrogens with one attached hydrogen (secondary N) is 1. The number of nitriles is 1. The van der Waals surface area contributed by atoms with Crippen molar-refractivity contribution < 1.29 is 35.9 Å². The number of hydrogen-bond acceptors (Lipinski definition) is 6. The van der Waals surface area contributed by atoms with E-state index in [1.807, 2.05) is 0 Å². The quantitative estimate of drug-likeness (QED) is 0.762. The zero-order chi connectivity index (χ0) is 21.1. The summed E-state index contributed by atoms with van der Waals surface area (Å²) in [4.78, 5) is 11.5. The number of alkyl halides is 3. The third kappa shape index (κ3) is 3.00. The lowest BCUT2D eigenvalue weighted by molar-refractivity contribution is -0.137. The Kier molecular flexibility index (Phi) is 4.43. The highest BCUT2D eigenvalue weighted by atomic mass is 32.2. The molecule has 3 fully saturated rings. The Morgan fingerprint density at radius 2 is 2.14 bits per heavy atom. The molecule has 8 nitrogen and oxygen atoms in total. The van der Waals surface area contributed by atoms with Crippen molar-refractivity contribution >= 4 is 21.8 Å². The molecule has 4 rings (SSSR count). The van der Waals surface area contributed by atoms with Gasteiger partial charge >= 0.3 is 12.3 Å². The topological polar surface area (TPSA) is 109 Å². The van der Waals surface area contributed by atoms with Gasteiger partial charge in [0.05, 0.1) is 48.2 Å². The Morgan fingerprint density at radius 1 is 1.41 bits per heavy atom. The number of fused-ring (bicyclic) bond motifs is 5. The van der Waals surface area contributed by atoms with E-state index in [1.165, 1.54) is 19.2 Å². The van der Waals surface area contributed by atoms with Crippen molar-refractivity contribution in [3.63, 3.8) is 0 Å². The Morgan fingerprint density at radius 3 is 2.76 bits per heavy atom. The third-order valence-electron chi connectivity index (χ3n) is 5.67. The smallest absolute Gasteiger partial charge is 0.417 e. The van der Waals surface area contributed by atoms with E-state index in [0.29, 0.717) is 12.5 Å². The molecule has 29 heavy (non-hydrogen) atoms. The minimum Gasteiger partial charge on any atom is -0.453 e. The number of carbonyl (C=O) groups excluding carboxylic acids is 1. The van der Waals surface area contributed by atoms with Crippen molar-refractivity contribution in [2.75, 3.05) is 18.0 Å². The van der Waals surface area contributed by atoms with Crippen molar-refractivity contribution in [2.45, 2.75) is 36.1 Å². The van der Waals surface area contributed by atoms with Gasteiger partial charge in [0, 0.05) is 12.5 Å². The van der Waals surface area contributed by atoms with Crippen LogP contribution in [0.4, 0.5) is 23.7 Å². The van der Waals surface area contributed by atoms with Gasteiger partial charge in [-0.2, -0.15) is 18.4 Å². The van der Waals surface area contributed by atoms with Crippen LogP contribution in [0.15, 0.2) is 18.2 Å². The second kappa shape index (κ2) is 6.50. The number of alkyl carbamates (subject to hydrolysis) is 1. The van der Waals surface area contributed by atoms with Gasteiger partial charge in [0.1, 0.15) is 5.25 Å². The molecule has 0 aliphatic carbocycles. The van der Waals surface area contributed by atoms with E-state index >= 15 is 0 Å². The van der Waals surface area contributed by atoms with Crippen LogP contribution in [0, 0.1) is 17.2 Å². The first-order valence-electron chi connectivity index (χ1n) is 8.70. The molecule has 1 amide bonds. The van der Waals surface area contributed by atoms with Gasteiger partial charge in [-0.3, -0.25) is 4.31 Å². The molecule has 3 heterocycles. The van der Waals surface area contributed by atoms with Gasteiger partial charge in [-0.25, -0.2) is 13.2 Å². The van der Waals surface area contributed by atoms with Crippen LogP contribution in [0.1, 0.15) is 17.5 Å². The summed E-state index contributed by atoms with van der Waals surface area (Å²) in [7, 11) is -2.86. The predicted molar refractivity (Wildman–Crippen MR) is 92.3 cm³/mol. The summed E-state index contributed by atoms with van der Waals surface area (Å²) in [6.45, 7) is -0.0255. The monoisotopic (exact) mass is 431 g/mol. The summed E-state index contributed by atoms with van der Waals surface area (Å²) in [5.41, 5.74) is -1.92. The summed E-state index contributed by atoms with van der Waals surface area (Å²) in [6, 6.07) is 3.76. The van der Waals surface area contributed by atoms with Gasteiger partial charge in [-0.05, 0) is 24.6 Å². The number of ether oxygens (including phenoxy) is 2. The van der Waals surface area contributed by atoms with Crippen LogP contribution in [0.5, 0.6) is 0 Å². The number of hydrogen-bond donors (Lipinski definition) is 1. The Labute approximate surface area is 164 Å². The Hall–Kier alpha value is -2.52. The fourth-order valence-corrected chi connectivity index (χ4v) is 6.83. The molecule has 3 aliphatic rings. The molecule has 0 aromatic heterocycles. The molecule has 3 saturated heterocycles. The fraction of sp³-hybridized carbons (Fsp3) is 0.529. The van der Waals surface area contributed by atoms with E-state index in [2.05, 4.69) is 10.1 Å². The molecule has 0 saturated carbocycles. The zero-order valence-corrected chi connectivity index (χ0v) is 15.8. The molecule has 0 spiro atoms. The summed E-state index contributed by atoms with van der Waals surface area (Å²) < 4.78 is 77.3. The lowest BCUT2D eigenvalue weighted by atomic mass is 9.85. The van der Waals surface area contributed by atoms with Gasteiger partial charge in [-0.15, -0.1) is 0 Å². The summed E-state index contributed by atoms with van der Waals surface area (Å²) in [5, 5.41) is 10.5. The molecule has 5 atom stereocenters. The minimum absolute atomic E-state index is 0.0255. The summed E-state index contributed by atoms with van der Waals surface area (Å²) in [6.07, 6.45) is -6.35. The Bertz CT molecular complexity index is 1010. The van der Waals surface area contributed by atoms with Crippen molar-refractivity contribution in [1.82, 2.24) is 5.32 Å². The van der Waals surface area contributed by atoms with E-state index in [-0.39, 0.29) is 12.2 Å². The first-order chi connectivity index (χ1) is 13.6. The lowest BCUT2D eigenvalue weighted by Gasteiger charge is -2.26. The van der Waals surface area contributed by atoms with Crippen molar-refractivity contribution in [2.24, 2.45) is 5.92 Å². The van der Waals surface area contributed by atoms with E-state index in [4.69, 9.17) is 10.00 Å². The van der Waals surface area contributed by atoms with E-state index < -0.39 is 62.8 Å². The molecule has 12 heteroatoms. The zero-order valence-electron chi connectivity index (χ0n) is 15.0. The predicted octanol–water partition coefficient (Wildman–Crippen LogP) is 1.61. The van der Waals surface area contributed by atoms with E-state index in [0.717, 1.165) is 10.4 Å². The average Bonchev–Trinajstić information content (AvgIpc) is 3.30. The van der Waals surface area contributed by atoms with Crippen LogP contribution in [-0.4, -0.2) is 51.7 Å². The van der Waals surface area contributed by atoms with Gasteiger partial charge in [0.15, 0.2) is 0 Å². The average molecular weight is 431 g/mol. The standard InChI is InChI=1S/C17H16F3N3O5S/c1-27-16(24)22-12-5-13-10-7-23(29(25,26)15(10)14(12)28-13)9-3-2-8(6-21)11(4-9)17(18,19)20/h2-4,10,12-15H,5,7H2,1H3,(H,22,24)/t10-,12-,13-,14+,15-/m1/s1. The van der Waals surface area contributed by atoms with Gasteiger partial charge in [0.25, 0.3) is 0 Å². The maximum absolute atomic E-state index is 13.3. The third-order valence-corrected chi connectivity index (χ3v) is 7.95. The largest absolute Gasteiger partial charge is 0.453 e. The Balaban J connectivity index is 1.67. The van der Waals surface area contributed by atoms with Crippen LogP contribution in [0.25, 0.3) is 0 Å². The van der Waals surface area contributed by atoms with Crippen molar-refractivity contribution in [1.29, 1.82) is 5.26 Å². The fourth-order valence-electron chi connectivity index (χ4n) is 4.45. The van der Waals surface area contributed by atoms with Crippen LogP contribution in [0.3, 0.4) is 0 Å². The van der Waals surface area contributed by atoms with E-state index in [9.17, 15) is 26.4 Å². The van der Waals surface area contributed by atoms with Crippen molar-refractivity contribution in [3.8, 4) is 6.07 Å². The molecule has 2 bridgehead atoms. The molecule has 1 aromatic carbocycles. The number of anilines is 1. The first kappa shape index (κ1) is 19.8. The molecular formula is C17H16F3N3O5S. The number of rotatable bonds is 2. The first-order valence-corrected chi connectivity index (χ1v) is 10.2. The summed E-state index contributed by atoms with van der Waals surface area (Å²) in [5.74, 6) is -0.425. The number of benzene rings is 1. The molecule has 156 valence electrons. The molecule has 1 aromatic rings. The van der Waals surface area contributed by atoms with Crippen LogP contribution in [0.2, 0.25) is 0 Å². The number of sulfonamides is 1. The number of amides is 1. The SMILES string of the molecule is COC(=O)N[C@@H]1C[C@H]2O[C@@H]1[C@H]1[C@@H]2CN(c2ccc(C#N)c(C(F)(F)F)c2)S1(=O)=O. The lowest BCUT2D eigenvalue weighted by Crippen LogP contribution is -2.50. The normalized spacial score (nSPS) is 32.0. The number of methoxy groups -OCH3 is 1. The summed E-state index contributed by atoms with van der Waals surface area (Å²) >= 11 is 0. The highest BCUT2D eigenvalue weighted by Crippen LogP contribution is 2.49. The molecule has 0 radical (unpaired) electrons. The number of carbonyl (C=O) groups is 1. The number of nitrogens with zero attached hydrogens (tertiary/aromatic N) is 2. The highest BCUT2D eigenvalue weighted by Gasteiger charge is 2.64. The van der Waals surface area contributed by atoms with Crippen LogP contribution < -0.4 is 9.62 Å². The van der Waals surface area contributed by atoms with Crippen LogP contribution >= 0.6 is 0 Å². The van der Waals surface area contributed by atoms with E-state index in [1.54, 1.807) is 0 Å². The molecule has 3 aliphatic heterocycles. The maximum atomic E-state index is 13.3. The second-order valence-electron chi connectivity index (χ2n) is 7.16. The van der Waals surface area contributed by atoms with Gasteiger partial charge < -0.3 is 14.8 Å². The molecule has 1 N–H and O–H groups in total. The van der Waals surface area contributed by atoms with Gasteiger partial charge in [-0.1, -0.05) is 0 Å². The second-order valence-corrected chi connectivity index (χ2v) is 9.18. The molecule has 0 unspecified atom stereocenters. The van der Waals surface area contributed by atoms with Crippen LogP contribution in [-0.2, 0) is 25.7 Å². The molecular weight excluding hydrogens is 415 g/mol. The minimum atomic E-state index is -4.79. The van der Waals surface area contributed by atoms with Crippen molar-refractivity contribution in [3.05, 3.63) is 29.3 Å². The van der Waals surface area contributed by atoms with Gasteiger partial charge in [0.2, 0.25) is 10.0 Å². The maximum Gasteiger partial charge on any atom is 0.417 e. The number of halogens is 3.